The topological polar surface area (TPSA) is 94.3 Å². The molecule has 0 radical (unpaired) electrons. The molecule has 0 saturated carbocycles. The van der Waals surface area contributed by atoms with Crippen molar-refractivity contribution in [2.24, 2.45) is 0 Å². The van der Waals surface area contributed by atoms with Crippen molar-refractivity contribution in [1.29, 1.82) is 0 Å². The lowest BCUT2D eigenvalue weighted by Crippen LogP contribution is -2.45. The number of para-hydroxylation sites is 1. The minimum absolute atomic E-state index is 0.0869. The second kappa shape index (κ2) is 9.52. The van der Waals surface area contributed by atoms with Crippen LogP contribution in [0.1, 0.15) is 28.1 Å². The molecule has 0 bridgehead atoms. The summed E-state index contributed by atoms with van der Waals surface area (Å²) >= 11 is 1.33. The Labute approximate surface area is 200 Å². The molecule has 0 aliphatic carbocycles. The SMILES string of the molecule is O=C(N[C@H](Cc1c[nH]c2ccccc12)C(=O)Nc1cccc(N2CCCC2=O)c1)c1cccs1. The van der Waals surface area contributed by atoms with E-state index in [1.165, 1.54) is 11.3 Å². The molecule has 4 aromatic rings. The zero-order valence-electron chi connectivity index (χ0n) is 18.4. The highest BCUT2D eigenvalue weighted by molar-refractivity contribution is 7.12. The Morgan fingerprint density at radius 1 is 1.09 bits per heavy atom. The number of aromatic nitrogens is 1. The summed E-state index contributed by atoms with van der Waals surface area (Å²) in [6.45, 7) is 0.677. The highest BCUT2D eigenvalue weighted by atomic mass is 32.1. The molecule has 1 saturated heterocycles. The fraction of sp³-hybridized carbons (Fsp3) is 0.192. The standard InChI is InChI=1S/C26H24N4O3S/c31-24-11-4-12-30(24)19-7-3-6-18(15-19)28-25(32)22(29-26(33)23-10-5-13-34-23)14-17-16-27-21-9-2-1-8-20(17)21/h1-3,5-10,13,15-16,22,27H,4,11-12,14H2,(H,28,32)(H,29,33)/t22-/m1/s1. The zero-order valence-corrected chi connectivity index (χ0v) is 19.2. The first-order valence-corrected chi connectivity index (χ1v) is 12.1. The van der Waals surface area contributed by atoms with Gasteiger partial charge in [0.2, 0.25) is 11.8 Å². The number of amides is 3. The Hall–Kier alpha value is -3.91. The van der Waals surface area contributed by atoms with E-state index in [4.69, 9.17) is 0 Å². The van der Waals surface area contributed by atoms with Crippen LogP contribution in [-0.2, 0) is 16.0 Å². The van der Waals surface area contributed by atoms with Crippen molar-refractivity contribution < 1.29 is 14.4 Å². The van der Waals surface area contributed by atoms with E-state index in [-0.39, 0.29) is 17.7 Å². The maximum Gasteiger partial charge on any atom is 0.262 e. The number of hydrogen-bond acceptors (Lipinski definition) is 4. The van der Waals surface area contributed by atoms with Crippen molar-refractivity contribution >= 4 is 51.3 Å². The molecule has 3 N–H and O–H groups in total. The molecule has 7 nitrogen and oxygen atoms in total. The van der Waals surface area contributed by atoms with Crippen molar-refractivity contribution in [1.82, 2.24) is 10.3 Å². The summed E-state index contributed by atoms with van der Waals surface area (Å²) in [6.07, 6.45) is 3.58. The Morgan fingerprint density at radius 3 is 2.76 bits per heavy atom. The largest absolute Gasteiger partial charge is 0.361 e. The van der Waals surface area contributed by atoms with E-state index in [0.717, 1.165) is 28.6 Å². The van der Waals surface area contributed by atoms with Crippen LogP contribution in [0, 0.1) is 0 Å². The number of H-pyrrole nitrogens is 1. The monoisotopic (exact) mass is 472 g/mol. The Balaban J connectivity index is 1.38. The average molecular weight is 473 g/mol. The van der Waals surface area contributed by atoms with Gasteiger partial charge in [-0.2, -0.15) is 0 Å². The van der Waals surface area contributed by atoms with Gasteiger partial charge < -0.3 is 20.5 Å². The first-order valence-electron chi connectivity index (χ1n) is 11.2. The van der Waals surface area contributed by atoms with E-state index in [0.29, 0.717) is 30.0 Å². The summed E-state index contributed by atoms with van der Waals surface area (Å²) in [4.78, 5) is 43.8. The first-order chi connectivity index (χ1) is 16.6. The normalized spacial score (nSPS) is 14.4. The molecule has 0 unspecified atom stereocenters. The van der Waals surface area contributed by atoms with Gasteiger partial charge in [-0.3, -0.25) is 14.4 Å². The van der Waals surface area contributed by atoms with Crippen molar-refractivity contribution in [3.8, 4) is 0 Å². The smallest absolute Gasteiger partial charge is 0.262 e. The van der Waals surface area contributed by atoms with E-state index in [1.807, 2.05) is 48.0 Å². The fourth-order valence-corrected chi connectivity index (χ4v) is 4.90. The van der Waals surface area contributed by atoms with Gasteiger partial charge in [-0.1, -0.05) is 30.3 Å². The molecular formula is C26H24N4O3S. The summed E-state index contributed by atoms with van der Waals surface area (Å²) in [5.41, 5.74) is 3.26. The van der Waals surface area contributed by atoms with E-state index in [1.54, 1.807) is 29.2 Å². The summed E-state index contributed by atoms with van der Waals surface area (Å²) in [6, 6.07) is 17.9. The summed E-state index contributed by atoms with van der Waals surface area (Å²) in [5, 5.41) is 8.68. The van der Waals surface area contributed by atoms with E-state index >= 15 is 0 Å². The minimum Gasteiger partial charge on any atom is -0.361 e. The van der Waals surface area contributed by atoms with Crippen molar-refractivity contribution in [3.63, 3.8) is 0 Å². The second-order valence-corrected chi connectivity index (χ2v) is 9.20. The van der Waals surface area contributed by atoms with Crippen LogP contribution in [0.5, 0.6) is 0 Å². The predicted octanol–water partition coefficient (Wildman–Crippen LogP) is 4.34. The third kappa shape index (κ3) is 4.58. The number of aromatic amines is 1. The molecule has 172 valence electrons. The third-order valence-electron chi connectivity index (χ3n) is 5.96. The van der Waals surface area contributed by atoms with Gasteiger partial charge >= 0.3 is 0 Å². The average Bonchev–Trinajstić information content (AvgIpc) is 3.60. The van der Waals surface area contributed by atoms with Crippen LogP contribution in [-0.4, -0.2) is 35.3 Å². The van der Waals surface area contributed by atoms with Crippen molar-refractivity contribution in [2.75, 3.05) is 16.8 Å². The second-order valence-electron chi connectivity index (χ2n) is 8.26. The Kier molecular flexibility index (Phi) is 6.14. The van der Waals surface area contributed by atoms with Crippen LogP contribution in [0.2, 0.25) is 0 Å². The number of fused-ring (bicyclic) bond motifs is 1. The number of nitrogens with one attached hydrogen (secondary N) is 3. The molecule has 1 atom stereocenters. The maximum absolute atomic E-state index is 13.4. The lowest BCUT2D eigenvalue weighted by atomic mass is 10.0. The highest BCUT2D eigenvalue weighted by Gasteiger charge is 2.25. The third-order valence-corrected chi connectivity index (χ3v) is 6.83. The molecule has 0 spiro atoms. The van der Waals surface area contributed by atoms with Crippen molar-refractivity contribution in [3.05, 3.63) is 82.7 Å². The number of carbonyl (C=O) groups is 3. The van der Waals surface area contributed by atoms with Gasteiger partial charge in [-0.15, -0.1) is 11.3 Å². The summed E-state index contributed by atoms with van der Waals surface area (Å²) in [5.74, 6) is -0.518. The lowest BCUT2D eigenvalue weighted by Gasteiger charge is -2.20. The van der Waals surface area contributed by atoms with Crippen molar-refractivity contribution in [2.45, 2.75) is 25.3 Å². The molecule has 34 heavy (non-hydrogen) atoms. The number of carbonyl (C=O) groups excluding carboxylic acids is 3. The number of rotatable bonds is 7. The summed E-state index contributed by atoms with van der Waals surface area (Å²) in [7, 11) is 0. The quantitative estimate of drug-likeness (QED) is 0.374. The number of benzene rings is 2. The maximum atomic E-state index is 13.4. The highest BCUT2D eigenvalue weighted by Crippen LogP contribution is 2.25. The minimum atomic E-state index is -0.786. The van der Waals surface area contributed by atoms with E-state index < -0.39 is 6.04 Å². The van der Waals surface area contributed by atoms with Gasteiger partial charge in [0, 0.05) is 47.9 Å². The molecule has 3 amide bonds. The number of thiophene rings is 1. The Bertz CT molecular complexity index is 1350. The van der Waals surface area contributed by atoms with Crippen LogP contribution in [0.15, 0.2) is 72.2 Å². The van der Waals surface area contributed by atoms with Gasteiger partial charge in [0.05, 0.1) is 4.88 Å². The molecule has 1 fully saturated rings. The van der Waals surface area contributed by atoms with Crippen LogP contribution < -0.4 is 15.5 Å². The lowest BCUT2D eigenvalue weighted by molar-refractivity contribution is -0.118. The zero-order chi connectivity index (χ0) is 23.5. The van der Waals surface area contributed by atoms with Crippen LogP contribution in [0.3, 0.4) is 0 Å². The molecule has 8 heteroatoms. The fourth-order valence-electron chi connectivity index (χ4n) is 4.27. The van der Waals surface area contributed by atoms with Gasteiger partial charge in [-0.05, 0) is 47.7 Å². The first kappa shape index (κ1) is 21.9. The van der Waals surface area contributed by atoms with Gasteiger partial charge in [-0.25, -0.2) is 0 Å². The van der Waals surface area contributed by atoms with Gasteiger partial charge in [0.1, 0.15) is 6.04 Å². The van der Waals surface area contributed by atoms with Crippen LogP contribution in [0.4, 0.5) is 11.4 Å². The molecule has 1 aliphatic heterocycles. The number of hydrogen-bond donors (Lipinski definition) is 3. The Morgan fingerprint density at radius 2 is 1.97 bits per heavy atom. The van der Waals surface area contributed by atoms with E-state index in [2.05, 4.69) is 15.6 Å². The number of anilines is 2. The molecule has 2 aromatic heterocycles. The number of nitrogens with zero attached hydrogens (tertiary/aromatic N) is 1. The van der Waals surface area contributed by atoms with Crippen LogP contribution >= 0.6 is 11.3 Å². The molecule has 1 aliphatic rings. The van der Waals surface area contributed by atoms with Gasteiger partial charge in [0.25, 0.3) is 5.91 Å². The molecule has 2 aromatic carbocycles. The predicted molar refractivity (Wildman–Crippen MR) is 134 cm³/mol. The van der Waals surface area contributed by atoms with Crippen LogP contribution in [0.25, 0.3) is 10.9 Å². The molecular weight excluding hydrogens is 448 g/mol. The summed E-state index contributed by atoms with van der Waals surface area (Å²) < 4.78 is 0. The molecule has 5 rings (SSSR count). The van der Waals surface area contributed by atoms with Gasteiger partial charge in [0.15, 0.2) is 0 Å². The molecule has 3 heterocycles. The van der Waals surface area contributed by atoms with E-state index in [9.17, 15) is 14.4 Å².